The number of nitrogens with zero attached hydrogens (tertiary/aromatic N) is 3. The van der Waals surface area contributed by atoms with E-state index in [1.54, 1.807) is 0 Å². The lowest BCUT2D eigenvalue weighted by atomic mass is 10.0. The molecule has 3 rings (SSSR count). The molecule has 1 aromatic heterocycles. The minimum atomic E-state index is 0.431. The molecule has 22 heavy (non-hydrogen) atoms. The third kappa shape index (κ3) is 3.39. The van der Waals surface area contributed by atoms with Crippen LogP contribution in [0, 0.1) is 6.92 Å². The lowest BCUT2D eigenvalue weighted by Crippen LogP contribution is -2.45. The summed E-state index contributed by atoms with van der Waals surface area (Å²) in [6.07, 6.45) is 3.18. The van der Waals surface area contributed by atoms with E-state index >= 15 is 0 Å². The molecule has 0 aliphatic carbocycles. The summed E-state index contributed by atoms with van der Waals surface area (Å²) in [7, 11) is 0. The molecule has 1 N–H and O–H groups in total. The van der Waals surface area contributed by atoms with Crippen LogP contribution in [0.3, 0.4) is 0 Å². The number of hydrogen-bond donors (Lipinski definition) is 1. The summed E-state index contributed by atoms with van der Waals surface area (Å²) in [5, 5.41) is 8.15. The molecule has 4 nitrogen and oxygen atoms in total. The number of piperazine rings is 1. The highest BCUT2D eigenvalue weighted by Crippen LogP contribution is 2.19. The largest absolute Gasteiger partial charge is 0.308 e. The van der Waals surface area contributed by atoms with Crippen molar-refractivity contribution in [3.63, 3.8) is 0 Å². The van der Waals surface area contributed by atoms with Gasteiger partial charge in [0.25, 0.3) is 0 Å². The van der Waals surface area contributed by atoms with Gasteiger partial charge in [-0.15, -0.1) is 0 Å². The predicted octanol–water partition coefficient (Wildman–Crippen LogP) is 2.75. The smallest absolute Gasteiger partial charge is 0.0537 e. The van der Waals surface area contributed by atoms with E-state index < -0.39 is 0 Å². The van der Waals surface area contributed by atoms with Crippen LogP contribution in [-0.4, -0.2) is 34.3 Å². The van der Waals surface area contributed by atoms with Crippen LogP contribution < -0.4 is 5.32 Å². The Kier molecular flexibility index (Phi) is 4.90. The maximum atomic E-state index is 4.52. The van der Waals surface area contributed by atoms with Gasteiger partial charge in [0.1, 0.15) is 0 Å². The van der Waals surface area contributed by atoms with Crippen molar-refractivity contribution in [3.8, 4) is 0 Å². The fourth-order valence-electron chi connectivity index (χ4n) is 3.18. The first-order chi connectivity index (χ1) is 10.8. The van der Waals surface area contributed by atoms with E-state index in [1.807, 2.05) is 6.20 Å². The monoisotopic (exact) mass is 298 g/mol. The van der Waals surface area contributed by atoms with Crippen LogP contribution >= 0.6 is 0 Å². The van der Waals surface area contributed by atoms with Crippen molar-refractivity contribution in [2.75, 3.05) is 19.6 Å². The molecule has 0 spiro atoms. The molecule has 1 aliphatic rings. The van der Waals surface area contributed by atoms with Crippen molar-refractivity contribution in [2.45, 2.75) is 39.4 Å². The van der Waals surface area contributed by atoms with E-state index in [2.05, 4.69) is 64.2 Å². The molecule has 118 valence electrons. The van der Waals surface area contributed by atoms with Crippen molar-refractivity contribution in [1.82, 2.24) is 20.0 Å². The molecule has 1 saturated heterocycles. The van der Waals surface area contributed by atoms with Crippen LogP contribution in [0.15, 0.2) is 36.5 Å². The molecular formula is C18H26N4. The first-order valence-electron chi connectivity index (χ1n) is 8.30. The maximum Gasteiger partial charge on any atom is 0.0537 e. The molecular weight excluding hydrogens is 272 g/mol. The van der Waals surface area contributed by atoms with Crippen LogP contribution in [0.5, 0.6) is 0 Å². The molecule has 1 aromatic carbocycles. The zero-order valence-corrected chi connectivity index (χ0v) is 13.6. The number of aromatic nitrogens is 2. The average molecular weight is 298 g/mol. The lowest BCUT2D eigenvalue weighted by molar-refractivity contribution is 0.193. The van der Waals surface area contributed by atoms with Crippen molar-refractivity contribution in [1.29, 1.82) is 0 Å². The fraction of sp³-hybridized carbons (Fsp3) is 0.500. The molecule has 0 unspecified atom stereocenters. The second-order valence-corrected chi connectivity index (χ2v) is 6.13. The van der Waals surface area contributed by atoms with Crippen LogP contribution in [0.25, 0.3) is 0 Å². The van der Waals surface area contributed by atoms with Gasteiger partial charge in [0.15, 0.2) is 0 Å². The molecule has 1 fully saturated rings. The fourth-order valence-corrected chi connectivity index (χ4v) is 3.18. The van der Waals surface area contributed by atoms with Crippen LogP contribution in [0.1, 0.15) is 36.2 Å². The lowest BCUT2D eigenvalue weighted by Gasteiger charge is -2.34. The zero-order chi connectivity index (χ0) is 15.4. The minimum absolute atomic E-state index is 0.431. The number of hydrogen-bond acceptors (Lipinski definition) is 3. The van der Waals surface area contributed by atoms with Crippen LogP contribution in [0.2, 0.25) is 0 Å². The minimum Gasteiger partial charge on any atom is -0.308 e. The molecule has 4 heteroatoms. The molecule has 0 saturated carbocycles. The Balaban J connectivity index is 1.65. The van der Waals surface area contributed by atoms with Crippen LogP contribution in [-0.2, 0) is 13.1 Å². The van der Waals surface area contributed by atoms with Gasteiger partial charge in [-0.25, -0.2) is 0 Å². The number of aryl methyl sites for hydroxylation is 1. The second kappa shape index (κ2) is 7.07. The second-order valence-electron chi connectivity index (χ2n) is 6.13. The van der Waals surface area contributed by atoms with Gasteiger partial charge in [-0.05, 0) is 18.9 Å². The predicted molar refractivity (Wildman–Crippen MR) is 89.7 cm³/mol. The zero-order valence-electron chi connectivity index (χ0n) is 13.6. The van der Waals surface area contributed by atoms with Gasteiger partial charge in [0, 0.05) is 50.0 Å². The number of benzene rings is 1. The molecule has 2 heterocycles. The Morgan fingerprint density at radius 1 is 1.27 bits per heavy atom. The molecule has 0 amide bonds. The quantitative estimate of drug-likeness (QED) is 0.921. The first kappa shape index (κ1) is 15.3. The Bertz CT molecular complexity index is 590. The molecule has 0 radical (unpaired) electrons. The van der Waals surface area contributed by atoms with Gasteiger partial charge >= 0.3 is 0 Å². The van der Waals surface area contributed by atoms with Gasteiger partial charge in [-0.3, -0.25) is 9.58 Å². The standard InChI is InChI=1S/C18H26N4/c1-3-10-22-15(2)17(12-20-22)13-21-11-9-19-18(14-21)16-7-5-4-6-8-16/h4-8,12,18-19H,3,9-11,13-14H2,1-2H3/t18-/m1/s1. The Hall–Kier alpha value is -1.65. The van der Waals surface area contributed by atoms with Crippen molar-refractivity contribution >= 4 is 0 Å². The third-order valence-electron chi connectivity index (χ3n) is 4.50. The maximum absolute atomic E-state index is 4.52. The first-order valence-corrected chi connectivity index (χ1v) is 8.30. The Labute approximate surface area is 133 Å². The summed E-state index contributed by atoms with van der Waals surface area (Å²) in [5.74, 6) is 0. The van der Waals surface area contributed by atoms with E-state index in [0.717, 1.165) is 39.1 Å². The number of nitrogens with one attached hydrogen (secondary N) is 1. The average Bonchev–Trinajstić information content (AvgIpc) is 2.90. The van der Waals surface area contributed by atoms with Crippen molar-refractivity contribution < 1.29 is 0 Å². The molecule has 1 aliphatic heterocycles. The summed E-state index contributed by atoms with van der Waals surface area (Å²) < 4.78 is 2.13. The van der Waals surface area contributed by atoms with E-state index in [4.69, 9.17) is 0 Å². The van der Waals surface area contributed by atoms with Gasteiger partial charge < -0.3 is 5.32 Å². The molecule has 0 bridgehead atoms. The Morgan fingerprint density at radius 3 is 2.86 bits per heavy atom. The van der Waals surface area contributed by atoms with E-state index in [-0.39, 0.29) is 0 Å². The van der Waals surface area contributed by atoms with Gasteiger partial charge in [-0.1, -0.05) is 37.3 Å². The summed E-state index contributed by atoms with van der Waals surface area (Å²) >= 11 is 0. The molecule has 1 atom stereocenters. The van der Waals surface area contributed by atoms with E-state index in [1.165, 1.54) is 16.8 Å². The highest BCUT2D eigenvalue weighted by Gasteiger charge is 2.21. The SMILES string of the molecule is CCCn1ncc(CN2CCN[C@@H](c3ccccc3)C2)c1C. The number of rotatable bonds is 5. The summed E-state index contributed by atoms with van der Waals surface area (Å²) in [6.45, 7) is 9.60. The topological polar surface area (TPSA) is 33.1 Å². The van der Waals surface area contributed by atoms with Gasteiger partial charge in [0.2, 0.25) is 0 Å². The highest BCUT2D eigenvalue weighted by atomic mass is 15.3. The normalized spacial score (nSPS) is 19.5. The van der Waals surface area contributed by atoms with E-state index in [9.17, 15) is 0 Å². The summed E-state index contributed by atoms with van der Waals surface area (Å²) in [4.78, 5) is 2.54. The Morgan fingerprint density at radius 2 is 2.09 bits per heavy atom. The van der Waals surface area contributed by atoms with Gasteiger partial charge in [-0.2, -0.15) is 5.10 Å². The summed E-state index contributed by atoms with van der Waals surface area (Å²) in [6, 6.07) is 11.2. The third-order valence-corrected chi connectivity index (χ3v) is 4.50. The van der Waals surface area contributed by atoms with Gasteiger partial charge in [0.05, 0.1) is 6.20 Å². The summed E-state index contributed by atoms with van der Waals surface area (Å²) in [5.41, 5.74) is 4.06. The van der Waals surface area contributed by atoms with E-state index in [0.29, 0.717) is 6.04 Å². The molecule has 2 aromatic rings. The highest BCUT2D eigenvalue weighted by molar-refractivity contribution is 5.20. The van der Waals surface area contributed by atoms with Crippen LogP contribution in [0.4, 0.5) is 0 Å². The van der Waals surface area contributed by atoms with Crippen molar-refractivity contribution in [2.24, 2.45) is 0 Å². The van der Waals surface area contributed by atoms with Crippen molar-refractivity contribution in [3.05, 3.63) is 53.3 Å².